The molecule has 0 spiro atoms. The Morgan fingerprint density at radius 1 is 1.04 bits per heavy atom. The molecule has 0 aliphatic heterocycles. The van der Waals surface area contributed by atoms with E-state index in [0.717, 1.165) is 31.7 Å². The number of carbonyl (C=O) groups excluding carboxylic acids is 1. The molecule has 0 aliphatic rings. The summed E-state index contributed by atoms with van der Waals surface area (Å²) in [5.41, 5.74) is 1.73. The van der Waals surface area contributed by atoms with Crippen LogP contribution in [0.3, 0.4) is 0 Å². The zero-order valence-electron chi connectivity index (χ0n) is 14.3. The SMILES string of the molecule is CCOC(=O)c1ccc(C)n1CCCCOC.c1ccccc1. The van der Waals surface area contributed by atoms with Crippen LogP contribution in [0.1, 0.15) is 35.9 Å². The maximum Gasteiger partial charge on any atom is 0.354 e. The molecule has 1 aromatic heterocycles. The van der Waals surface area contributed by atoms with Crippen LogP contribution in [-0.4, -0.2) is 30.9 Å². The van der Waals surface area contributed by atoms with Crippen LogP contribution in [0, 0.1) is 6.92 Å². The average molecular weight is 317 g/mol. The summed E-state index contributed by atoms with van der Waals surface area (Å²) in [7, 11) is 1.70. The zero-order chi connectivity index (χ0) is 16.9. The summed E-state index contributed by atoms with van der Waals surface area (Å²) < 4.78 is 12.0. The maximum atomic E-state index is 11.7. The molecular formula is C19H27NO3. The molecule has 0 saturated heterocycles. The lowest BCUT2D eigenvalue weighted by molar-refractivity contribution is 0.0513. The van der Waals surface area contributed by atoms with Gasteiger partial charge in [-0.25, -0.2) is 4.79 Å². The molecule has 4 nitrogen and oxygen atoms in total. The molecule has 126 valence electrons. The minimum atomic E-state index is -0.243. The monoisotopic (exact) mass is 317 g/mol. The number of aromatic nitrogens is 1. The Labute approximate surface area is 139 Å². The molecule has 0 unspecified atom stereocenters. The molecular weight excluding hydrogens is 290 g/mol. The fourth-order valence-corrected chi connectivity index (χ4v) is 2.15. The summed E-state index contributed by atoms with van der Waals surface area (Å²) in [5, 5.41) is 0. The minimum absolute atomic E-state index is 0.243. The molecule has 0 bridgehead atoms. The summed E-state index contributed by atoms with van der Waals surface area (Å²) in [5.74, 6) is -0.243. The van der Waals surface area contributed by atoms with Gasteiger partial charge < -0.3 is 14.0 Å². The van der Waals surface area contributed by atoms with Gasteiger partial charge in [-0.15, -0.1) is 0 Å². The second-order valence-corrected chi connectivity index (χ2v) is 5.09. The molecule has 23 heavy (non-hydrogen) atoms. The highest BCUT2D eigenvalue weighted by Gasteiger charge is 2.13. The number of hydrogen-bond donors (Lipinski definition) is 0. The number of nitrogens with zero attached hydrogens (tertiary/aromatic N) is 1. The summed E-state index contributed by atoms with van der Waals surface area (Å²) in [6, 6.07) is 15.8. The van der Waals surface area contributed by atoms with Gasteiger partial charge in [0.25, 0.3) is 0 Å². The van der Waals surface area contributed by atoms with E-state index >= 15 is 0 Å². The summed E-state index contributed by atoms with van der Waals surface area (Å²) in [4.78, 5) is 11.7. The molecule has 2 aromatic rings. The number of unbranched alkanes of at least 4 members (excludes halogenated alkanes) is 1. The van der Waals surface area contributed by atoms with Crippen molar-refractivity contribution >= 4 is 5.97 Å². The van der Waals surface area contributed by atoms with Crippen LogP contribution in [0.5, 0.6) is 0 Å². The van der Waals surface area contributed by atoms with Gasteiger partial charge in [-0.3, -0.25) is 0 Å². The molecule has 0 amide bonds. The van der Waals surface area contributed by atoms with Crippen molar-refractivity contribution in [1.29, 1.82) is 0 Å². The van der Waals surface area contributed by atoms with Crippen molar-refractivity contribution in [1.82, 2.24) is 4.57 Å². The van der Waals surface area contributed by atoms with E-state index in [1.165, 1.54) is 0 Å². The molecule has 4 heteroatoms. The average Bonchev–Trinajstić information content (AvgIpc) is 2.95. The Morgan fingerprint density at radius 2 is 1.65 bits per heavy atom. The van der Waals surface area contributed by atoms with Gasteiger partial charge >= 0.3 is 5.97 Å². The van der Waals surface area contributed by atoms with Gasteiger partial charge in [0.05, 0.1) is 6.61 Å². The highest BCUT2D eigenvalue weighted by molar-refractivity contribution is 5.87. The second kappa shape index (κ2) is 11.5. The van der Waals surface area contributed by atoms with Crippen LogP contribution < -0.4 is 0 Å². The molecule has 0 fully saturated rings. The number of ether oxygens (including phenoxy) is 2. The van der Waals surface area contributed by atoms with Crippen molar-refractivity contribution in [2.24, 2.45) is 0 Å². The van der Waals surface area contributed by atoms with E-state index in [9.17, 15) is 4.79 Å². The Hall–Kier alpha value is -2.07. The second-order valence-electron chi connectivity index (χ2n) is 5.09. The van der Waals surface area contributed by atoms with Crippen molar-refractivity contribution in [2.75, 3.05) is 20.3 Å². The van der Waals surface area contributed by atoms with E-state index in [2.05, 4.69) is 0 Å². The van der Waals surface area contributed by atoms with Crippen molar-refractivity contribution < 1.29 is 14.3 Å². The zero-order valence-corrected chi connectivity index (χ0v) is 14.3. The fraction of sp³-hybridized carbons (Fsp3) is 0.421. The minimum Gasteiger partial charge on any atom is -0.461 e. The van der Waals surface area contributed by atoms with Gasteiger partial charge in [0, 0.05) is 26.0 Å². The normalized spacial score (nSPS) is 9.87. The quantitative estimate of drug-likeness (QED) is 0.570. The smallest absolute Gasteiger partial charge is 0.354 e. The van der Waals surface area contributed by atoms with Gasteiger partial charge in [-0.1, -0.05) is 36.4 Å². The summed E-state index contributed by atoms with van der Waals surface area (Å²) in [6.45, 7) is 5.81. The van der Waals surface area contributed by atoms with Gasteiger partial charge in [-0.2, -0.15) is 0 Å². The van der Waals surface area contributed by atoms with E-state index in [1.807, 2.05) is 66.9 Å². The molecule has 0 N–H and O–H groups in total. The predicted octanol–water partition coefficient (Wildman–Crippen LogP) is 4.09. The Bertz CT molecular complexity index is 522. The Balaban J connectivity index is 0.000000366. The molecule has 0 radical (unpaired) electrons. The first-order valence-electron chi connectivity index (χ1n) is 8.03. The van der Waals surface area contributed by atoms with E-state index in [1.54, 1.807) is 7.11 Å². The molecule has 0 aliphatic carbocycles. The van der Waals surface area contributed by atoms with Crippen molar-refractivity contribution in [2.45, 2.75) is 33.2 Å². The number of rotatable bonds is 7. The largest absolute Gasteiger partial charge is 0.461 e. The third-order valence-electron chi connectivity index (χ3n) is 3.33. The number of aryl methyl sites for hydroxylation is 1. The Morgan fingerprint density at radius 3 is 2.17 bits per heavy atom. The maximum absolute atomic E-state index is 11.7. The highest BCUT2D eigenvalue weighted by atomic mass is 16.5. The number of benzene rings is 1. The van der Waals surface area contributed by atoms with Gasteiger partial charge in [0.1, 0.15) is 5.69 Å². The third kappa shape index (κ3) is 7.15. The summed E-state index contributed by atoms with van der Waals surface area (Å²) in [6.07, 6.45) is 1.99. The summed E-state index contributed by atoms with van der Waals surface area (Å²) >= 11 is 0. The fourth-order valence-electron chi connectivity index (χ4n) is 2.15. The number of hydrogen-bond acceptors (Lipinski definition) is 3. The standard InChI is InChI=1S/C13H21NO3.C6H6/c1-4-17-13(15)12-8-7-11(2)14(12)9-5-6-10-16-3;1-2-4-6-5-3-1/h7-8H,4-6,9-10H2,1-3H3;1-6H. The van der Waals surface area contributed by atoms with Crippen LogP contribution in [-0.2, 0) is 16.0 Å². The van der Waals surface area contributed by atoms with E-state index in [4.69, 9.17) is 9.47 Å². The lowest BCUT2D eigenvalue weighted by Crippen LogP contribution is -2.13. The lowest BCUT2D eigenvalue weighted by Gasteiger charge is -2.10. The van der Waals surface area contributed by atoms with E-state index in [-0.39, 0.29) is 5.97 Å². The van der Waals surface area contributed by atoms with Gasteiger partial charge in [-0.05, 0) is 38.8 Å². The van der Waals surface area contributed by atoms with Crippen LogP contribution >= 0.6 is 0 Å². The highest BCUT2D eigenvalue weighted by Crippen LogP contribution is 2.11. The predicted molar refractivity (Wildman–Crippen MR) is 92.7 cm³/mol. The molecule has 0 saturated carbocycles. The van der Waals surface area contributed by atoms with Crippen molar-refractivity contribution in [3.05, 3.63) is 59.9 Å². The van der Waals surface area contributed by atoms with Crippen molar-refractivity contribution in [3.8, 4) is 0 Å². The van der Waals surface area contributed by atoms with Gasteiger partial charge in [0.2, 0.25) is 0 Å². The van der Waals surface area contributed by atoms with Crippen LogP contribution in [0.15, 0.2) is 48.5 Å². The molecule has 1 aromatic carbocycles. The molecule has 2 rings (SSSR count). The Kier molecular flexibility index (Phi) is 9.48. The van der Waals surface area contributed by atoms with Crippen LogP contribution in [0.25, 0.3) is 0 Å². The third-order valence-corrected chi connectivity index (χ3v) is 3.33. The number of methoxy groups -OCH3 is 1. The number of esters is 1. The van der Waals surface area contributed by atoms with E-state index in [0.29, 0.717) is 12.3 Å². The topological polar surface area (TPSA) is 40.5 Å². The lowest BCUT2D eigenvalue weighted by atomic mass is 10.3. The van der Waals surface area contributed by atoms with Gasteiger partial charge in [0.15, 0.2) is 0 Å². The first-order chi connectivity index (χ1) is 11.2. The van der Waals surface area contributed by atoms with Crippen molar-refractivity contribution in [3.63, 3.8) is 0 Å². The molecule has 0 atom stereocenters. The number of carbonyl (C=O) groups is 1. The molecule has 1 heterocycles. The van der Waals surface area contributed by atoms with E-state index < -0.39 is 0 Å². The van der Waals surface area contributed by atoms with Crippen LogP contribution in [0.4, 0.5) is 0 Å². The first kappa shape index (κ1) is 19.0. The van der Waals surface area contributed by atoms with Crippen LogP contribution in [0.2, 0.25) is 0 Å². The first-order valence-corrected chi connectivity index (χ1v) is 8.03.